The van der Waals surface area contributed by atoms with Gasteiger partial charge in [0.15, 0.2) is 11.3 Å². The maximum atomic E-state index is 15.5. The molecule has 0 radical (unpaired) electrons. The number of aromatic nitrogens is 2. The summed E-state index contributed by atoms with van der Waals surface area (Å²) in [4.78, 5) is 14.4. The van der Waals surface area contributed by atoms with E-state index in [1.165, 1.54) is 0 Å². The number of amides is 1. The fourth-order valence-electron chi connectivity index (χ4n) is 4.11. The molecule has 0 saturated carbocycles. The van der Waals surface area contributed by atoms with Gasteiger partial charge in [0.05, 0.1) is 5.54 Å². The molecular weight excluding hydrogens is 361 g/mol. The zero-order valence-electron chi connectivity index (χ0n) is 15.8. The Kier molecular flexibility index (Phi) is 4.58. The third kappa shape index (κ3) is 3.33. The minimum atomic E-state index is -1.37. The third-order valence-electron chi connectivity index (χ3n) is 5.24. The molecule has 1 aromatic rings. The van der Waals surface area contributed by atoms with Gasteiger partial charge in [-0.05, 0) is 53.5 Å². The zero-order chi connectivity index (χ0) is 19.3. The molecule has 4 atom stereocenters. The van der Waals surface area contributed by atoms with Crippen LogP contribution >= 0.6 is 11.6 Å². The SMILES string of the molecule is CC(C)(C)OC(=O)N1[C@]2(C)CC[C@@]1(C)[C@H](F)[C@H](Oc1ccc(Cl)nn1)C2. The van der Waals surface area contributed by atoms with Crippen LogP contribution < -0.4 is 4.74 Å². The van der Waals surface area contributed by atoms with Gasteiger partial charge in [-0.2, -0.15) is 0 Å². The molecular formula is C18H25ClFN3O3. The first kappa shape index (κ1) is 19.1. The van der Waals surface area contributed by atoms with Crippen molar-refractivity contribution in [2.75, 3.05) is 0 Å². The van der Waals surface area contributed by atoms with E-state index in [1.807, 2.05) is 6.92 Å². The van der Waals surface area contributed by atoms with E-state index in [9.17, 15) is 4.79 Å². The third-order valence-corrected chi connectivity index (χ3v) is 5.44. The lowest BCUT2D eigenvalue weighted by molar-refractivity contribution is -0.101. The van der Waals surface area contributed by atoms with Crippen LogP contribution in [0.4, 0.5) is 9.18 Å². The fourth-order valence-corrected chi connectivity index (χ4v) is 4.21. The molecule has 3 heterocycles. The second-order valence-corrected chi connectivity index (χ2v) is 9.01. The van der Waals surface area contributed by atoms with E-state index < -0.39 is 35.0 Å². The van der Waals surface area contributed by atoms with Gasteiger partial charge in [0.25, 0.3) is 0 Å². The number of fused-ring (bicyclic) bond motifs is 2. The molecule has 2 aliphatic heterocycles. The Hall–Kier alpha value is -1.63. The highest BCUT2D eigenvalue weighted by atomic mass is 35.5. The predicted octanol–water partition coefficient (Wildman–Crippen LogP) is 4.17. The van der Waals surface area contributed by atoms with E-state index in [0.29, 0.717) is 19.3 Å². The molecule has 0 spiro atoms. The van der Waals surface area contributed by atoms with Gasteiger partial charge >= 0.3 is 6.09 Å². The van der Waals surface area contributed by atoms with Crippen LogP contribution in [0.3, 0.4) is 0 Å². The van der Waals surface area contributed by atoms with Crippen molar-refractivity contribution in [2.45, 2.75) is 82.8 Å². The molecule has 0 aromatic carbocycles. The molecule has 1 aromatic heterocycles. The summed E-state index contributed by atoms with van der Waals surface area (Å²) in [5.41, 5.74) is -2.16. The summed E-state index contributed by atoms with van der Waals surface area (Å²) in [5.74, 6) is 0.222. The average Bonchev–Trinajstić information content (AvgIpc) is 2.74. The lowest BCUT2D eigenvalue weighted by Crippen LogP contribution is -2.67. The van der Waals surface area contributed by atoms with Crippen LogP contribution in [0.25, 0.3) is 0 Å². The van der Waals surface area contributed by atoms with Gasteiger partial charge in [0, 0.05) is 18.0 Å². The van der Waals surface area contributed by atoms with Crippen molar-refractivity contribution in [1.29, 1.82) is 0 Å². The minimum absolute atomic E-state index is 0.222. The first-order valence-electron chi connectivity index (χ1n) is 8.78. The van der Waals surface area contributed by atoms with E-state index in [-0.39, 0.29) is 11.0 Å². The van der Waals surface area contributed by atoms with Crippen molar-refractivity contribution in [1.82, 2.24) is 15.1 Å². The average molecular weight is 386 g/mol. The number of carbonyl (C=O) groups is 1. The minimum Gasteiger partial charge on any atom is -0.470 e. The molecule has 2 saturated heterocycles. The smallest absolute Gasteiger partial charge is 0.411 e. The number of hydrogen-bond acceptors (Lipinski definition) is 5. The summed E-state index contributed by atoms with van der Waals surface area (Å²) in [6.45, 7) is 9.13. The van der Waals surface area contributed by atoms with Crippen LogP contribution in [0.5, 0.6) is 5.88 Å². The number of ether oxygens (including phenoxy) is 2. The zero-order valence-corrected chi connectivity index (χ0v) is 16.5. The second kappa shape index (κ2) is 6.22. The summed E-state index contributed by atoms with van der Waals surface area (Å²) in [6, 6.07) is 3.11. The molecule has 3 rings (SSSR count). The Labute approximate surface area is 158 Å². The van der Waals surface area contributed by atoms with Crippen molar-refractivity contribution in [3.8, 4) is 5.88 Å². The van der Waals surface area contributed by atoms with Crippen LogP contribution in [-0.2, 0) is 4.74 Å². The molecule has 2 fully saturated rings. The molecule has 8 heteroatoms. The van der Waals surface area contributed by atoms with E-state index in [2.05, 4.69) is 10.2 Å². The number of piperidine rings is 1. The highest BCUT2D eigenvalue weighted by Crippen LogP contribution is 2.52. The maximum Gasteiger partial charge on any atom is 0.411 e. The highest BCUT2D eigenvalue weighted by Gasteiger charge is 2.64. The summed E-state index contributed by atoms with van der Waals surface area (Å²) in [7, 11) is 0. The van der Waals surface area contributed by atoms with Crippen molar-refractivity contribution in [2.24, 2.45) is 0 Å². The van der Waals surface area contributed by atoms with Crippen LogP contribution in [0, 0.1) is 0 Å². The first-order chi connectivity index (χ1) is 11.9. The van der Waals surface area contributed by atoms with E-state index in [1.54, 1.807) is 44.7 Å². The summed E-state index contributed by atoms with van der Waals surface area (Å²) >= 11 is 5.73. The topological polar surface area (TPSA) is 64.5 Å². The van der Waals surface area contributed by atoms with Crippen LogP contribution in [0.2, 0.25) is 5.15 Å². The Balaban J connectivity index is 1.84. The Morgan fingerprint density at radius 3 is 2.58 bits per heavy atom. The number of alkyl halides is 1. The summed E-state index contributed by atoms with van der Waals surface area (Å²) in [5, 5.41) is 7.82. The van der Waals surface area contributed by atoms with Gasteiger partial charge in [-0.3, -0.25) is 4.90 Å². The van der Waals surface area contributed by atoms with E-state index in [4.69, 9.17) is 21.1 Å². The van der Waals surface area contributed by atoms with E-state index >= 15 is 4.39 Å². The van der Waals surface area contributed by atoms with Crippen molar-refractivity contribution >= 4 is 17.7 Å². The van der Waals surface area contributed by atoms with E-state index in [0.717, 1.165) is 0 Å². The normalized spacial score (nSPS) is 33.9. The number of rotatable bonds is 2. The molecule has 6 nitrogen and oxygen atoms in total. The fraction of sp³-hybridized carbons (Fsp3) is 0.722. The summed E-state index contributed by atoms with van der Waals surface area (Å²) < 4.78 is 26.8. The molecule has 0 aliphatic carbocycles. The van der Waals surface area contributed by atoms with Gasteiger partial charge in [-0.15, -0.1) is 10.2 Å². The predicted molar refractivity (Wildman–Crippen MR) is 95.1 cm³/mol. The van der Waals surface area contributed by atoms with Crippen LogP contribution in [0.15, 0.2) is 12.1 Å². The molecule has 1 amide bonds. The van der Waals surface area contributed by atoms with Crippen molar-refractivity contribution in [3.05, 3.63) is 17.3 Å². The molecule has 2 aliphatic rings. The monoisotopic (exact) mass is 385 g/mol. The standard InChI is InChI=1S/C18H25ClFN3O3/c1-16(2,3)26-15(24)23-17(4)8-9-18(23,5)14(20)11(10-17)25-13-7-6-12(19)21-22-13/h6-7,11,14H,8-10H2,1-5H3/t11-,14-,17-,18+/m1/s1. The highest BCUT2D eigenvalue weighted by molar-refractivity contribution is 6.29. The van der Waals surface area contributed by atoms with Crippen LogP contribution in [-0.4, -0.2) is 50.1 Å². The van der Waals surface area contributed by atoms with Gasteiger partial charge in [0.2, 0.25) is 5.88 Å². The second-order valence-electron chi connectivity index (χ2n) is 8.63. The van der Waals surface area contributed by atoms with Gasteiger partial charge in [0.1, 0.15) is 11.7 Å². The van der Waals surface area contributed by atoms with Gasteiger partial charge in [-0.25, -0.2) is 9.18 Å². The Morgan fingerprint density at radius 2 is 2.00 bits per heavy atom. The number of nitrogens with zero attached hydrogens (tertiary/aromatic N) is 3. The van der Waals surface area contributed by atoms with Gasteiger partial charge in [-0.1, -0.05) is 11.6 Å². The maximum absolute atomic E-state index is 15.5. The first-order valence-corrected chi connectivity index (χ1v) is 9.16. The van der Waals surface area contributed by atoms with Crippen molar-refractivity contribution < 1.29 is 18.7 Å². The van der Waals surface area contributed by atoms with Crippen molar-refractivity contribution in [3.63, 3.8) is 0 Å². The largest absolute Gasteiger partial charge is 0.470 e. The molecule has 0 unspecified atom stereocenters. The molecule has 26 heavy (non-hydrogen) atoms. The number of halogens is 2. The Bertz CT molecular complexity index is 696. The number of carbonyl (C=O) groups excluding carboxylic acids is 1. The quantitative estimate of drug-likeness (QED) is 0.764. The molecule has 0 N–H and O–H groups in total. The van der Waals surface area contributed by atoms with Gasteiger partial charge < -0.3 is 9.47 Å². The Morgan fingerprint density at radius 1 is 1.31 bits per heavy atom. The lowest BCUT2D eigenvalue weighted by atomic mass is 9.82. The molecule has 2 bridgehead atoms. The summed E-state index contributed by atoms with van der Waals surface area (Å²) in [6.07, 6.45) is -0.976. The van der Waals surface area contributed by atoms with Crippen LogP contribution in [0.1, 0.15) is 53.9 Å². The molecule has 144 valence electrons. The number of hydrogen-bond donors (Lipinski definition) is 0. The lowest BCUT2D eigenvalue weighted by Gasteiger charge is -2.51.